The molecule has 0 saturated heterocycles. The minimum absolute atomic E-state index is 0.0599. The smallest absolute Gasteiger partial charge is 0.233 e. The van der Waals surface area contributed by atoms with Crippen molar-refractivity contribution < 1.29 is 4.79 Å². The van der Waals surface area contributed by atoms with Crippen molar-refractivity contribution >= 4 is 5.91 Å². The zero-order valence-corrected chi connectivity index (χ0v) is 11.3. The third-order valence-electron chi connectivity index (χ3n) is 2.56. The van der Waals surface area contributed by atoms with E-state index in [4.69, 9.17) is 0 Å². The molecule has 1 aromatic rings. The van der Waals surface area contributed by atoms with E-state index >= 15 is 0 Å². The van der Waals surface area contributed by atoms with Crippen LogP contribution in [0.3, 0.4) is 0 Å². The van der Waals surface area contributed by atoms with Crippen LogP contribution in [0.1, 0.15) is 12.0 Å². The number of carbonyl (C=O) groups is 1. The molecule has 0 fully saturated rings. The Morgan fingerprint density at radius 2 is 1.94 bits per heavy atom. The predicted octanol–water partition coefficient (Wildman–Crippen LogP) is 0.844. The van der Waals surface area contributed by atoms with Crippen molar-refractivity contribution in [3.8, 4) is 0 Å². The summed E-state index contributed by atoms with van der Waals surface area (Å²) in [6.07, 6.45) is 0.984. The van der Waals surface area contributed by atoms with Crippen LogP contribution in [0.2, 0.25) is 0 Å². The molecule has 0 aliphatic carbocycles. The molecule has 1 rings (SSSR count). The van der Waals surface area contributed by atoms with Gasteiger partial charge < -0.3 is 15.5 Å². The molecule has 0 saturated carbocycles. The molecule has 4 nitrogen and oxygen atoms in total. The fourth-order valence-corrected chi connectivity index (χ4v) is 1.60. The minimum Gasteiger partial charge on any atom is -0.355 e. The molecule has 0 spiro atoms. The molecule has 1 amide bonds. The third-order valence-corrected chi connectivity index (χ3v) is 2.56. The lowest BCUT2D eigenvalue weighted by Crippen LogP contribution is -2.35. The average Bonchev–Trinajstić information content (AvgIpc) is 2.36. The van der Waals surface area contributed by atoms with Crippen molar-refractivity contribution in [3.05, 3.63) is 35.9 Å². The van der Waals surface area contributed by atoms with Crippen LogP contribution in [0.4, 0.5) is 0 Å². The highest BCUT2D eigenvalue weighted by molar-refractivity contribution is 5.77. The molecule has 4 heteroatoms. The number of benzene rings is 1. The van der Waals surface area contributed by atoms with Crippen LogP contribution in [0.5, 0.6) is 0 Å². The van der Waals surface area contributed by atoms with Crippen molar-refractivity contribution in [3.63, 3.8) is 0 Å². The molecule has 1 aromatic carbocycles. The first-order valence-electron chi connectivity index (χ1n) is 6.34. The second-order valence-electron chi connectivity index (χ2n) is 4.60. The summed E-state index contributed by atoms with van der Waals surface area (Å²) in [5.74, 6) is 0.0599. The SMILES string of the molecule is CN(C)CCCNC(=O)CNCc1ccccc1. The summed E-state index contributed by atoms with van der Waals surface area (Å²) in [5, 5.41) is 6.02. The summed E-state index contributed by atoms with van der Waals surface area (Å²) in [5.41, 5.74) is 1.19. The van der Waals surface area contributed by atoms with Gasteiger partial charge in [0.25, 0.3) is 0 Å². The van der Waals surface area contributed by atoms with Crippen LogP contribution in [0.15, 0.2) is 30.3 Å². The second-order valence-corrected chi connectivity index (χ2v) is 4.60. The number of amides is 1. The van der Waals surface area contributed by atoms with Gasteiger partial charge in [0.2, 0.25) is 5.91 Å². The van der Waals surface area contributed by atoms with Gasteiger partial charge in [-0.15, -0.1) is 0 Å². The molecule has 0 aromatic heterocycles. The molecule has 0 unspecified atom stereocenters. The van der Waals surface area contributed by atoms with Gasteiger partial charge in [0.1, 0.15) is 0 Å². The van der Waals surface area contributed by atoms with Gasteiger partial charge >= 0.3 is 0 Å². The first-order valence-corrected chi connectivity index (χ1v) is 6.34. The lowest BCUT2D eigenvalue weighted by Gasteiger charge is -2.10. The lowest BCUT2D eigenvalue weighted by molar-refractivity contribution is -0.120. The summed E-state index contributed by atoms with van der Waals surface area (Å²) in [6, 6.07) is 10.1. The first-order chi connectivity index (χ1) is 8.68. The molecule has 0 radical (unpaired) electrons. The number of carbonyl (C=O) groups excluding carboxylic acids is 1. The van der Waals surface area contributed by atoms with E-state index in [0.29, 0.717) is 6.54 Å². The summed E-state index contributed by atoms with van der Waals surface area (Å²) >= 11 is 0. The fraction of sp³-hybridized carbons (Fsp3) is 0.500. The molecule has 2 N–H and O–H groups in total. The Labute approximate surface area is 109 Å². The molecule has 0 aliphatic heterocycles. The quantitative estimate of drug-likeness (QED) is 0.671. The molecule has 0 heterocycles. The lowest BCUT2D eigenvalue weighted by atomic mass is 10.2. The highest BCUT2D eigenvalue weighted by Crippen LogP contribution is 1.96. The average molecular weight is 249 g/mol. The van der Waals surface area contributed by atoms with Crippen molar-refractivity contribution in [2.24, 2.45) is 0 Å². The minimum atomic E-state index is 0.0599. The topological polar surface area (TPSA) is 44.4 Å². The third kappa shape index (κ3) is 7.04. The number of rotatable bonds is 8. The van der Waals surface area contributed by atoms with Crippen LogP contribution < -0.4 is 10.6 Å². The summed E-state index contributed by atoms with van der Waals surface area (Å²) in [7, 11) is 4.06. The maximum atomic E-state index is 11.5. The van der Waals surface area contributed by atoms with Gasteiger partial charge in [-0.1, -0.05) is 30.3 Å². The molecule has 18 heavy (non-hydrogen) atoms. The number of nitrogens with zero attached hydrogens (tertiary/aromatic N) is 1. The molecule has 100 valence electrons. The number of hydrogen-bond donors (Lipinski definition) is 2. The van der Waals surface area contributed by atoms with Crippen molar-refractivity contribution in [1.29, 1.82) is 0 Å². The number of hydrogen-bond acceptors (Lipinski definition) is 3. The normalized spacial score (nSPS) is 10.6. The van der Waals surface area contributed by atoms with Gasteiger partial charge in [-0.25, -0.2) is 0 Å². The van der Waals surface area contributed by atoms with Gasteiger partial charge in [0, 0.05) is 13.1 Å². The highest BCUT2D eigenvalue weighted by Gasteiger charge is 2.00. The molecule has 0 aliphatic rings. The van der Waals surface area contributed by atoms with E-state index in [-0.39, 0.29) is 5.91 Å². The van der Waals surface area contributed by atoms with Crippen molar-refractivity contribution in [2.75, 3.05) is 33.7 Å². The van der Waals surface area contributed by atoms with Crippen LogP contribution in [-0.4, -0.2) is 44.5 Å². The standard InChI is InChI=1S/C14H23N3O/c1-17(2)10-6-9-16-14(18)12-15-11-13-7-4-3-5-8-13/h3-5,7-8,15H,6,9-12H2,1-2H3,(H,16,18). The van der Waals surface area contributed by atoms with Crippen molar-refractivity contribution in [1.82, 2.24) is 15.5 Å². The Balaban J connectivity index is 2.03. The van der Waals surface area contributed by atoms with Gasteiger partial charge in [-0.05, 0) is 32.6 Å². The predicted molar refractivity (Wildman–Crippen MR) is 74.3 cm³/mol. The van der Waals surface area contributed by atoms with E-state index in [2.05, 4.69) is 15.5 Å². The van der Waals surface area contributed by atoms with E-state index in [1.807, 2.05) is 44.4 Å². The zero-order chi connectivity index (χ0) is 13.2. The largest absolute Gasteiger partial charge is 0.355 e. The Kier molecular flexibility index (Phi) is 7.06. The zero-order valence-electron chi connectivity index (χ0n) is 11.3. The van der Waals surface area contributed by atoms with Crippen molar-refractivity contribution in [2.45, 2.75) is 13.0 Å². The summed E-state index contributed by atoms with van der Waals surface area (Å²) in [4.78, 5) is 13.6. The van der Waals surface area contributed by atoms with Gasteiger partial charge in [0.15, 0.2) is 0 Å². The van der Waals surface area contributed by atoms with Crippen LogP contribution >= 0.6 is 0 Å². The van der Waals surface area contributed by atoms with E-state index in [1.165, 1.54) is 5.56 Å². The Hall–Kier alpha value is -1.39. The van der Waals surface area contributed by atoms with Gasteiger partial charge in [0.05, 0.1) is 6.54 Å². The van der Waals surface area contributed by atoms with Crippen LogP contribution in [-0.2, 0) is 11.3 Å². The van der Waals surface area contributed by atoms with E-state index < -0.39 is 0 Å². The number of nitrogens with one attached hydrogen (secondary N) is 2. The second kappa shape index (κ2) is 8.66. The summed E-state index contributed by atoms with van der Waals surface area (Å²) < 4.78 is 0. The maximum absolute atomic E-state index is 11.5. The first kappa shape index (κ1) is 14.7. The monoisotopic (exact) mass is 249 g/mol. The van der Waals surface area contributed by atoms with E-state index in [0.717, 1.165) is 26.1 Å². The Morgan fingerprint density at radius 3 is 2.61 bits per heavy atom. The molecule has 0 bridgehead atoms. The highest BCUT2D eigenvalue weighted by atomic mass is 16.1. The Bertz CT molecular complexity index is 338. The van der Waals surface area contributed by atoms with Gasteiger partial charge in [-0.2, -0.15) is 0 Å². The van der Waals surface area contributed by atoms with Gasteiger partial charge in [-0.3, -0.25) is 4.79 Å². The van der Waals surface area contributed by atoms with Crippen LogP contribution in [0.25, 0.3) is 0 Å². The van der Waals surface area contributed by atoms with E-state index in [1.54, 1.807) is 0 Å². The summed E-state index contributed by atoms with van der Waals surface area (Å²) in [6.45, 7) is 2.84. The Morgan fingerprint density at radius 1 is 1.22 bits per heavy atom. The molecular formula is C14H23N3O. The van der Waals surface area contributed by atoms with E-state index in [9.17, 15) is 4.79 Å². The molecular weight excluding hydrogens is 226 g/mol. The maximum Gasteiger partial charge on any atom is 0.233 e. The molecule has 0 atom stereocenters. The van der Waals surface area contributed by atoms with Crippen LogP contribution in [0, 0.1) is 0 Å². The fourth-order valence-electron chi connectivity index (χ4n) is 1.60.